The largest absolute Gasteiger partial charge is 0.481 e. The lowest BCUT2D eigenvalue weighted by Crippen LogP contribution is -2.67. The number of hydrogen-bond donors (Lipinski definition) is 4. The van der Waals surface area contributed by atoms with Crippen molar-refractivity contribution in [2.24, 2.45) is 50.2 Å². The van der Waals surface area contributed by atoms with Gasteiger partial charge in [-0.05, 0) is 104 Å². The minimum absolute atomic E-state index is 0.0106. The second-order valence-electron chi connectivity index (χ2n) is 15.4. The summed E-state index contributed by atoms with van der Waals surface area (Å²) in [4.78, 5) is 12.8. The van der Waals surface area contributed by atoms with Crippen LogP contribution in [0.5, 0.6) is 0 Å². The summed E-state index contributed by atoms with van der Waals surface area (Å²) in [6, 6.07) is 0. The van der Waals surface area contributed by atoms with Gasteiger partial charge < -0.3 is 20.4 Å². The van der Waals surface area contributed by atoms with E-state index in [0.29, 0.717) is 18.8 Å². The Morgan fingerprint density at radius 2 is 1.61 bits per heavy atom. The SMILES string of the molecule is CC1(C)CCC2(C(=O)O)CCC3(C)C(=CCC4C5(C)CC(O)C(O)C(C)(CCO)C5CCC43C)C2C1. The second kappa shape index (κ2) is 8.05. The number of aliphatic hydroxyl groups excluding tert-OH is 3. The number of carboxylic acid groups (broad SMARTS) is 1. The Balaban J connectivity index is 1.60. The molecule has 10 atom stereocenters. The summed E-state index contributed by atoms with van der Waals surface area (Å²) in [5, 5.41) is 42.7. The van der Waals surface area contributed by atoms with Crippen molar-refractivity contribution in [3.05, 3.63) is 11.6 Å². The Morgan fingerprint density at radius 3 is 2.25 bits per heavy atom. The summed E-state index contributed by atoms with van der Waals surface area (Å²) in [5.74, 6) is 0.0892. The van der Waals surface area contributed by atoms with Crippen molar-refractivity contribution in [2.75, 3.05) is 6.61 Å². The molecule has 0 bridgehead atoms. The van der Waals surface area contributed by atoms with Gasteiger partial charge in [-0.15, -0.1) is 0 Å². The molecule has 4 saturated carbocycles. The van der Waals surface area contributed by atoms with Crippen LogP contribution in [0.25, 0.3) is 0 Å². The first-order valence-corrected chi connectivity index (χ1v) is 14.5. The first-order valence-electron chi connectivity index (χ1n) is 14.5. The number of aliphatic carboxylic acids is 1. The average Bonchev–Trinajstić information content (AvgIpc) is 2.77. The summed E-state index contributed by atoms with van der Waals surface area (Å²) in [5.41, 5.74) is 0.237. The zero-order valence-corrected chi connectivity index (χ0v) is 23.4. The molecule has 0 aliphatic heterocycles. The number of carbonyl (C=O) groups is 1. The van der Waals surface area contributed by atoms with Crippen LogP contribution in [0.1, 0.15) is 106 Å². The first-order chi connectivity index (χ1) is 16.6. The van der Waals surface area contributed by atoms with Crippen molar-refractivity contribution < 1.29 is 25.2 Å². The maximum atomic E-state index is 12.8. The maximum absolute atomic E-state index is 12.8. The topological polar surface area (TPSA) is 98.0 Å². The molecule has 5 aliphatic carbocycles. The van der Waals surface area contributed by atoms with E-state index >= 15 is 0 Å². The van der Waals surface area contributed by atoms with Crippen LogP contribution in [0.3, 0.4) is 0 Å². The Bertz CT molecular complexity index is 957. The maximum Gasteiger partial charge on any atom is 0.310 e. The molecule has 0 radical (unpaired) electrons. The number of aliphatic hydroxyl groups is 3. The van der Waals surface area contributed by atoms with Gasteiger partial charge in [-0.25, -0.2) is 0 Å². The van der Waals surface area contributed by atoms with E-state index in [-0.39, 0.29) is 40.1 Å². The fourth-order valence-electron chi connectivity index (χ4n) is 11.1. The molecule has 0 heterocycles. The van der Waals surface area contributed by atoms with Crippen LogP contribution in [-0.4, -0.2) is 45.2 Å². The van der Waals surface area contributed by atoms with Gasteiger partial charge in [0.05, 0.1) is 17.6 Å². The van der Waals surface area contributed by atoms with Crippen molar-refractivity contribution in [3.63, 3.8) is 0 Å². The molecule has 0 aromatic rings. The number of allylic oxidation sites excluding steroid dienone is 2. The molecule has 204 valence electrons. The highest BCUT2D eigenvalue weighted by molar-refractivity contribution is 5.76. The van der Waals surface area contributed by atoms with Crippen LogP contribution >= 0.6 is 0 Å². The quantitative estimate of drug-likeness (QED) is 0.379. The predicted molar refractivity (Wildman–Crippen MR) is 140 cm³/mol. The fraction of sp³-hybridized carbons (Fsp3) is 0.903. The monoisotopic (exact) mass is 502 g/mol. The van der Waals surface area contributed by atoms with E-state index in [1.165, 1.54) is 5.57 Å². The molecule has 0 amide bonds. The summed E-state index contributed by atoms with van der Waals surface area (Å²) in [7, 11) is 0. The molecule has 5 heteroatoms. The highest BCUT2D eigenvalue weighted by atomic mass is 16.4. The summed E-state index contributed by atoms with van der Waals surface area (Å²) < 4.78 is 0. The van der Waals surface area contributed by atoms with Gasteiger partial charge in [0.25, 0.3) is 0 Å². The van der Waals surface area contributed by atoms with E-state index in [0.717, 1.165) is 51.4 Å². The molecule has 36 heavy (non-hydrogen) atoms. The smallest absolute Gasteiger partial charge is 0.310 e. The lowest BCUT2D eigenvalue weighted by molar-refractivity contribution is -0.239. The number of rotatable bonds is 3. The van der Waals surface area contributed by atoms with Crippen molar-refractivity contribution in [2.45, 2.75) is 118 Å². The van der Waals surface area contributed by atoms with Crippen LogP contribution < -0.4 is 0 Å². The van der Waals surface area contributed by atoms with Crippen LogP contribution in [-0.2, 0) is 4.79 Å². The molecule has 0 saturated heterocycles. The highest BCUT2D eigenvalue weighted by Crippen LogP contribution is 2.76. The lowest BCUT2D eigenvalue weighted by atomic mass is 9.33. The minimum atomic E-state index is -0.812. The average molecular weight is 503 g/mol. The van der Waals surface area contributed by atoms with Crippen molar-refractivity contribution in [1.82, 2.24) is 0 Å². The summed E-state index contributed by atoms with van der Waals surface area (Å²) in [6.07, 6.45) is 9.25. The predicted octanol–water partition coefficient (Wildman–Crippen LogP) is 5.57. The van der Waals surface area contributed by atoms with Crippen LogP contribution in [0.15, 0.2) is 11.6 Å². The van der Waals surface area contributed by atoms with Crippen LogP contribution in [0.2, 0.25) is 0 Å². The van der Waals surface area contributed by atoms with Gasteiger partial charge in [0.15, 0.2) is 0 Å². The molecule has 4 fully saturated rings. The van der Waals surface area contributed by atoms with Gasteiger partial charge in [-0.2, -0.15) is 0 Å². The molecule has 10 unspecified atom stereocenters. The van der Waals surface area contributed by atoms with Gasteiger partial charge in [0.2, 0.25) is 0 Å². The standard InChI is InChI=1S/C31H50O5/c1-26(2)11-13-31(25(35)36)14-12-29(5)19(20(31)17-26)7-8-23-28(4)18-21(33)24(34)27(3,15-16-32)22(28)9-10-30(23,29)6/h7,20-24,32-34H,8-18H2,1-6H3,(H,35,36). The Labute approximate surface area is 217 Å². The first kappa shape index (κ1) is 26.7. The molecule has 5 nitrogen and oxygen atoms in total. The van der Waals surface area contributed by atoms with E-state index in [1.807, 2.05) is 0 Å². The normalized spacial score (nSPS) is 53.8. The molecular weight excluding hydrogens is 452 g/mol. The van der Waals surface area contributed by atoms with Gasteiger partial charge in [-0.3, -0.25) is 4.79 Å². The van der Waals surface area contributed by atoms with Gasteiger partial charge in [0, 0.05) is 12.0 Å². The molecule has 4 N–H and O–H groups in total. The second-order valence-corrected chi connectivity index (χ2v) is 15.4. The molecular formula is C31H50O5. The molecule has 5 rings (SSSR count). The Morgan fingerprint density at radius 1 is 0.944 bits per heavy atom. The van der Waals surface area contributed by atoms with Gasteiger partial charge in [-0.1, -0.05) is 53.2 Å². The number of carboxylic acids is 1. The summed E-state index contributed by atoms with van der Waals surface area (Å²) >= 11 is 0. The van der Waals surface area contributed by atoms with E-state index in [4.69, 9.17) is 0 Å². The Hall–Kier alpha value is -0.910. The number of fused-ring (bicyclic) bond motifs is 7. The number of hydrogen-bond acceptors (Lipinski definition) is 4. The Kier molecular flexibility index (Phi) is 5.97. The minimum Gasteiger partial charge on any atom is -0.481 e. The highest BCUT2D eigenvalue weighted by Gasteiger charge is 2.70. The zero-order valence-electron chi connectivity index (χ0n) is 23.4. The third kappa shape index (κ3) is 3.21. The van der Waals surface area contributed by atoms with Crippen molar-refractivity contribution in [1.29, 1.82) is 0 Å². The van der Waals surface area contributed by atoms with E-state index in [9.17, 15) is 25.2 Å². The zero-order chi connectivity index (χ0) is 26.5. The molecule has 0 aromatic carbocycles. The fourth-order valence-corrected chi connectivity index (χ4v) is 11.1. The van der Waals surface area contributed by atoms with Gasteiger partial charge in [0.1, 0.15) is 0 Å². The van der Waals surface area contributed by atoms with Crippen LogP contribution in [0, 0.1) is 50.2 Å². The van der Waals surface area contributed by atoms with Crippen molar-refractivity contribution >= 4 is 5.97 Å². The molecule has 0 spiro atoms. The van der Waals surface area contributed by atoms with Crippen LogP contribution in [0.4, 0.5) is 0 Å². The molecule has 0 aromatic heterocycles. The summed E-state index contributed by atoms with van der Waals surface area (Å²) in [6.45, 7) is 14.0. The van der Waals surface area contributed by atoms with Gasteiger partial charge >= 0.3 is 5.97 Å². The molecule has 5 aliphatic rings. The lowest BCUT2D eigenvalue weighted by Gasteiger charge is -2.71. The third-order valence-corrected chi connectivity index (χ3v) is 13.5. The van der Waals surface area contributed by atoms with E-state index < -0.39 is 29.0 Å². The third-order valence-electron chi connectivity index (χ3n) is 13.5. The van der Waals surface area contributed by atoms with E-state index in [2.05, 4.69) is 47.6 Å². The van der Waals surface area contributed by atoms with Crippen molar-refractivity contribution in [3.8, 4) is 0 Å². The van der Waals surface area contributed by atoms with E-state index in [1.54, 1.807) is 0 Å².